The molecule has 1 aliphatic rings. The highest BCUT2D eigenvalue weighted by Gasteiger charge is 2.26. The van der Waals surface area contributed by atoms with Crippen molar-refractivity contribution in [3.63, 3.8) is 0 Å². The molecule has 1 atom stereocenters. The van der Waals surface area contributed by atoms with Gasteiger partial charge in [-0.05, 0) is 30.0 Å². The molecule has 11 heteroatoms. The third-order valence-electron chi connectivity index (χ3n) is 7.92. The molecule has 1 aliphatic heterocycles. The minimum absolute atomic E-state index is 0.0320. The Labute approximate surface area is 245 Å². The van der Waals surface area contributed by atoms with E-state index in [0.717, 1.165) is 35.5 Å². The van der Waals surface area contributed by atoms with Gasteiger partial charge in [0.05, 0.1) is 17.8 Å². The lowest BCUT2D eigenvalue weighted by Gasteiger charge is -2.35. The molecule has 2 aromatic heterocycles. The molecular formula is C31H38N8O3. The van der Waals surface area contributed by atoms with E-state index in [-0.39, 0.29) is 11.6 Å². The van der Waals surface area contributed by atoms with E-state index >= 15 is 0 Å². The van der Waals surface area contributed by atoms with Crippen molar-refractivity contribution >= 4 is 34.5 Å². The van der Waals surface area contributed by atoms with Gasteiger partial charge in [0, 0.05) is 50.4 Å². The van der Waals surface area contributed by atoms with E-state index in [1.54, 1.807) is 4.90 Å². The molecule has 5 rings (SSSR count). The van der Waals surface area contributed by atoms with Crippen LogP contribution in [-0.4, -0.2) is 68.0 Å². The standard InChI is InChI=1S/C31H38N8O3/c1-3-5-9-23(4-2)20-32-28-27-29(38(22-33-27)21-24-10-7-6-8-11-24)35-31(34-28)37-18-16-36(17-19-37)30(40)25-12-14-26(15-13-25)39(41)42/h6-8,10-15,22-23H,3-5,9,16-21H2,1-2H3,(H,32,34,35). The van der Waals surface area contributed by atoms with Gasteiger partial charge in [-0.2, -0.15) is 9.97 Å². The predicted molar refractivity (Wildman–Crippen MR) is 164 cm³/mol. The fraction of sp³-hybridized carbons (Fsp3) is 0.419. The van der Waals surface area contributed by atoms with Crippen LogP contribution in [0.5, 0.6) is 0 Å². The molecule has 220 valence electrons. The highest BCUT2D eigenvalue weighted by atomic mass is 16.6. The zero-order valence-corrected chi connectivity index (χ0v) is 24.3. The molecule has 42 heavy (non-hydrogen) atoms. The molecule has 0 spiro atoms. The van der Waals surface area contributed by atoms with Gasteiger partial charge in [-0.15, -0.1) is 0 Å². The average Bonchev–Trinajstić information content (AvgIpc) is 3.43. The maximum Gasteiger partial charge on any atom is 0.269 e. The highest BCUT2D eigenvalue weighted by molar-refractivity contribution is 5.94. The normalized spacial score (nSPS) is 14.2. The summed E-state index contributed by atoms with van der Waals surface area (Å²) >= 11 is 0. The molecule has 3 heterocycles. The number of nitrogens with zero attached hydrogens (tertiary/aromatic N) is 7. The maximum atomic E-state index is 13.1. The Morgan fingerprint density at radius 2 is 1.76 bits per heavy atom. The van der Waals surface area contributed by atoms with Crippen molar-refractivity contribution in [2.75, 3.05) is 42.9 Å². The predicted octanol–water partition coefficient (Wildman–Crippen LogP) is 5.37. The number of carbonyl (C=O) groups excluding carboxylic acids is 1. The summed E-state index contributed by atoms with van der Waals surface area (Å²) in [5.74, 6) is 1.77. The third kappa shape index (κ3) is 6.67. The highest BCUT2D eigenvalue weighted by Crippen LogP contribution is 2.26. The quantitative estimate of drug-likeness (QED) is 0.178. The van der Waals surface area contributed by atoms with Crippen LogP contribution in [0.25, 0.3) is 11.2 Å². The van der Waals surface area contributed by atoms with Gasteiger partial charge in [-0.1, -0.05) is 63.4 Å². The minimum atomic E-state index is -0.466. The zero-order chi connectivity index (χ0) is 29.5. The van der Waals surface area contributed by atoms with Crippen molar-refractivity contribution in [2.24, 2.45) is 5.92 Å². The summed E-state index contributed by atoms with van der Waals surface area (Å²) in [6, 6.07) is 16.0. The number of nitrogens with one attached hydrogen (secondary N) is 1. The topological polar surface area (TPSA) is 122 Å². The first-order valence-corrected chi connectivity index (χ1v) is 14.8. The van der Waals surface area contributed by atoms with Crippen molar-refractivity contribution in [3.8, 4) is 0 Å². The first-order chi connectivity index (χ1) is 20.5. The summed E-state index contributed by atoms with van der Waals surface area (Å²) in [7, 11) is 0. The Bertz CT molecular complexity index is 1500. The molecule has 1 unspecified atom stereocenters. The van der Waals surface area contributed by atoms with Crippen LogP contribution in [0.1, 0.15) is 55.5 Å². The number of rotatable bonds is 12. The first kappa shape index (κ1) is 29.0. The Hall–Kier alpha value is -4.54. The average molecular weight is 571 g/mol. The van der Waals surface area contributed by atoms with E-state index < -0.39 is 4.92 Å². The smallest absolute Gasteiger partial charge is 0.269 e. The number of benzene rings is 2. The summed E-state index contributed by atoms with van der Waals surface area (Å²) in [6.07, 6.45) is 6.49. The van der Waals surface area contributed by atoms with Gasteiger partial charge in [0.15, 0.2) is 17.0 Å². The Balaban J connectivity index is 1.36. The van der Waals surface area contributed by atoms with Gasteiger partial charge in [0.25, 0.3) is 11.6 Å². The van der Waals surface area contributed by atoms with Gasteiger partial charge in [-0.25, -0.2) is 4.98 Å². The van der Waals surface area contributed by atoms with Crippen molar-refractivity contribution in [1.29, 1.82) is 0 Å². The summed E-state index contributed by atoms with van der Waals surface area (Å²) in [4.78, 5) is 42.1. The molecule has 1 fully saturated rings. The van der Waals surface area contributed by atoms with Gasteiger partial charge in [-0.3, -0.25) is 14.9 Å². The lowest BCUT2D eigenvalue weighted by Crippen LogP contribution is -2.49. The van der Waals surface area contributed by atoms with Crippen LogP contribution in [0.2, 0.25) is 0 Å². The van der Waals surface area contributed by atoms with E-state index in [4.69, 9.17) is 15.0 Å². The van der Waals surface area contributed by atoms with E-state index in [0.29, 0.717) is 50.2 Å². The molecule has 4 aromatic rings. The molecule has 0 aliphatic carbocycles. The fourth-order valence-corrected chi connectivity index (χ4v) is 5.30. The van der Waals surface area contributed by atoms with Crippen LogP contribution < -0.4 is 10.2 Å². The van der Waals surface area contributed by atoms with Crippen LogP contribution in [0.4, 0.5) is 17.5 Å². The van der Waals surface area contributed by atoms with Crippen molar-refractivity contribution in [2.45, 2.75) is 46.1 Å². The second-order valence-electron chi connectivity index (χ2n) is 10.8. The number of non-ortho nitro benzene ring substituents is 1. The van der Waals surface area contributed by atoms with Crippen LogP contribution in [-0.2, 0) is 6.54 Å². The number of unbranched alkanes of at least 4 members (excludes halogenated alkanes) is 1. The lowest BCUT2D eigenvalue weighted by atomic mass is 9.99. The minimum Gasteiger partial charge on any atom is -0.368 e. The number of imidazole rings is 1. The van der Waals surface area contributed by atoms with Gasteiger partial charge < -0.3 is 19.7 Å². The molecule has 0 saturated carbocycles. The largest absolute Gasteiger partial charge is 0.368 e. The van der Waals surface area contributed by atoms with Crippen LogP contribution in [0.15, 0.2) is 60.9 Å². The summed E-state index contributed by atoms with van der Waals surface area (Å²) in [5.41, 5.74) is 3.10. The summed E-state index contributed by atoms with van der Waals surface area (Å²) in [5, 5.41) is 14.6. The Morgan fingerprint density at radius 3 is 2.43 bits per heavy atom. The second kappa shape index (κ2) is 13.4. The van der Waals surface area contributed by atoms with E-state index in [1.165, 1.54) is 43.5 Å². The molecule has 0 radical (unpaired) electrons. The Morgan fingerprint density at radius 1 is 1.02 bits per heavy atom. The SMILES string of the molecule is CCCCC(CC)CNc1nc(N2CCN(C(=O)c3ccc([N+](=O)[O-])cc3)CC2)nc2c1ncn2Cc1ccccc1. The number of nitro benzene ring substituents is 1. The number of aromatic nitrogens is 4. The summed E-state index contributed by atoms with van der Waals surface area (Å²) in [6.45, 7) is 8.07. The van der Waals surface area contributed by atoms with Crippen molar-refractivity contribution in [1.82, 2.24) is 24.4 Å². The molecule has 1 amide bonds. The fourth-order valence-electron chi connectivity index (χ4n) is 5.30. The van der Waals surface area contributed by atoms with Crippen molar-refractivity contribution < 1.29 is 9.72 Å². The Kier molecular flexibility index (Phi) is 9.25. The first-order valence-electron chi connectivity index (χ1n) is 14.8. The van der Waals surface area contributed by atoms with E-state index in [1.807, 2.05) is 24.5 Å². The number of hydrogen-bond acceptors (Lipinski definition) is 8. The molecule has 2 aromatic carbocycles. The van der Waals surface area contributed by atoms with Gasteiger partial charge >= 0.3 is 0 Å². The summed E-state index contributed by atoms with van der Waals surface area (Å²) < 4.78 is 2.06. The number of amides is 1. The number of fused-ring (bicyclic) bond motifs is 1. The number of carbonyl (C=O) groups is 1. The third-order valence-corrected chi connectivity index (χ3v) is 7.92. The second-order valence-corrected chi connectivity index (χ2v) is 10.8. The zero-order valence-electron chi connectivity index (χ0n) is 24.3. The molecular weight excluding hydrogens is 532 g/mol. The number of piperazine rings is 1. The molecule has 1 saturated heterocycles. The van der Waals surface area contributed by atoms with Crippen LogP contribution in [0.3, 0.4) is 0 Å². The van der Waals surface area contributed by atoms with Gasteiger partial charge in [0.2, 0.25) is 5.95 Å². The number of hydrogen-bond donors (Lipinski definition) is 1. The van der Waals surface area contributed by atoms with E-state index in [2.05, 4.69) is 40.8 Å². The lowest BCUT2D eigenvalue weighted by molar-refractivity contribution is -0.384. The molecule has 1 N–H and O–H groups in total. The molecule has 11 nitrogen and oxygen atoms in total. The van der Waals surface area contributed by atoms with Gasteiger partial charge in [0.1, 0.15) is 0 Å². The van der Waals surface area contributed by atoms with Crippen LogP contribution in [0, 0.1) is 16.0 Å². The monoisotopic (exact) mass is 570 g/mol. The molecule has 0 bridgehead atoms. The van der Waals surface area contributed by atoms with E-state index in [9.17, 15) is 14.9 Å². The number of anilines is 2. The van der Waals surface area contributed by atoms with Crippen molar-refractivity contribution in [3.05, 3.63) is 82.2 Å². The van der Waals surface area contributed by atoms with Crippen LogP contribution >= 0.6 is 0 Å². The number of nitro groups is 1. The maximum absolute atomic E-state index is 13.1.